The van der Waals surface area contributed by atoms with Gasteiger partial charge in [-0.25, -0.2) is 9.78 Å². The van der Waals surface area contributed by atoms with Crippen LogP contribution in [-0.4, -0.2) is 16.6 Å². The van der Waals surface area contributed by atoms with Gasteiger partial charge in [0.2, 0.25) is 0 Å². The number of nitrogens with zero attached hydrogens (tertiary/aromatic N) is 1. The molecule has 21 heavy (non-hydrogen) atoms. The summed E-state index contributed by atoms with van der Waals surface area (Å²) in [5.74, 6) is 0.292. The Morgan fingerprint density at radius 3 is 2.76 bits per heavy atom. The minimum absolute atomic E-state index is 0.127. The van der Waals surface area contributed by atoms with Crippen LogP contribution in [0.5, 0.6) is 5.88 Å². The van der Waals surface area contributed by atoms with Crippen molar-refractivity contribution in [3.05, 3.63) is 35.3 Å². The van der Waals surface area contributed by atoms with Gasteiger partial charge in [-0.05, 0) is 45.4 Å². The van der Waals surface area contributed by atoms with Crippen LogP contribution >= 0.6 is 11.3 Å². The fourth-order valence-corrected chi connectivity index (χ4v) is 2.50. The monoisotopic (exact) mass is 305 g/mol. The van der Waals surface area contributed by atoms with Crippen LogP contribution in [-0.2, 0) is 0 Å². The lowest BCUT2D eigenvalue weighted by Gasteiger charge is -2.20. The van der Waals surface area contributed by atoms with Gasteiger partial charge in [-0.15, -0.1) is 11.3 Å². The zero-order chi connectivity index (χ0) is 15.5. The van der Waals surface area contributed by atoms with E-state index in [2.05, 4.69) is 15.6 Å². The third kappa shape index (κ3) is 4.75. The molecule has 0 fully saturated rings. The molecule has 0 saturated carbocycles. The van der Waals surface area contributed by atoms with Crippen molar-refractivity contribution >= 4 is 28.1 Å². The number of aryl methyl sites for hydroxylation is 1. The number of hydrogen-bond acceptors (Lipinski definition) is 5. The van der Waals surface area contributed by atoms with E-state index in [1.807, 2.05) is 52.0 Å². The predicted molar refractivity (Wildman–Crippen MR) is 86.3 cm³/mol. The Morgan fingerprint density at radius 2 is 2.10 bits per heavy atom. The molecule has 1 heterocycles. The molecule has 0 spiro atoms. The van der Waals surface area contributed by atoms with Gasteiger partial charge in [0.25, 0.3) is 5.88 Å². The minimum Gasteiger partial charge on any atom is -0.388 e. The molecule has 2 N–H and O–H groups in total. The molecule has 0 atom stereocenters. The van der Waals surface area contributed by atoms with Crippen molar-refractivity contribution in [2.24, 2.45) is 0 Å². The number of benzene rings is 1. The molecular formula is C15H19N3O2S. The number of anilines is 2. The van der Waals surface area contributed by atoms with E-state index in [4.69, 9.17) is 4.74 Å². The maximum atomic E-state index is 11.9. The van der Waals surface area contributed by atoms with Gasteiger partial charge in [0.1, 0.15) is 0 Å². The van der Waals surface area contributed by atoms with Gasteiger partial charge in [-0.3, -0.25) is 5.32 Å². The summed E-state index contributed by atoms with van der Waals surface area (Å²) in [6, 6.07) is 7.52. The summed E-state index contributed by atoms with van der Waals surface area (Å²) in [6.45, 7) is 8.05. The zero-order valence-corrected chi connectivity index (χ0v) is 13.4. The fraction of sp³-hybridized carbons (Fsp3) is 0.333. The maximum absolute atomic E-state index is 11.9. The van der Waals surface area contributed by atoms with Gasteiger partial charge in [0.05, 0.1) is 5.51 Å². The molecule has 5 nitrogen and oxygen atoms in total. The number of amides is 1. The number of ether oxygens (including phenoxy) is 1. The van der Waals surface area contributed by atoms with Crippen LogP contribution in [0, 0.1) is 6.92 Å². The van der Waals surface area contributed by atoms with Crippen LogP contribution in [0.3, 0.4) is 0 Å². The number of hydrogen-bond donors (Lipinski definition) is 2. The van der Waals surface area contributed by atoms with E-state index in [9.17, 15) is 4.79 Å². The van der Waals surface area contributed by atoms with Crippen LogP contribution in [0.15, 0.2) is 29.8 Å². The van der Waals surface area contributed by atoms with Gasteiger partial charge < -0.3 is 10.1 Å². The Morgan fingerprint density at radius 1 is 1.33 bits per heavy atom. The van der Waals surface area contributed by atoms with E-state index < -0.39 is 6.09 Å². The molecule has 2 rings (SSSR count). The van der Waals surface area contributed by atoms with E-state index >= 15 is 0 Å². The van der Waals surface area contributed by atoms with Gasteiger partial charge in [-0.1, -0.05) is 12.1 Å². The van der Waals surface area contributed by atoms with Gasteiger partial charge >= 0.3 is 6.09 Å². The second kappa shape index (κ2) is 6.13. The van der Waals surface area contributed by atoms with E-state index in [0.717, 1.165) is 10.6 Å². The van der Waals surface area contributed by atoms with Crippen LogP contribution in [0.1, 0.15) is 26.3 Å². The van der Waals surface area contributed by atoms with Gasteiger partial charge in [0.15, 0.2) is 5.00 Å². The predicted octanol–water partition coefficient (Wildman–Crippen LogP) is 4.27. The third-order valence-corrected chi connectivity index (χ3v) is 3.20. The van der Waals surface area contributed by atoms with Crippen molar-refractivity contribution in [3.63, 3.8) is 0 Å². The molecular weight excluding hydrogens is 286 g/mol. The number of aromatic nitrogens is 1. The van der Waals surface area contributed by atoms with Gasteiger partial charge in [0, 0.05) is 11.2 Å². The normalized spacial score (nSPS) is 11.0. The first-order valence-electron chi connectivity index (χ1n) is 6.61. The van der Waals surface area contributed by atoms with Crippen LogP contribution in [0.2, 0.25) is 0 Å². The Balaban J connectivity index is 2.02. The highest BCUT2D eigenvalue weighted by molar-refractivity contribution is 7.14. The highest BCUT2D eigenvalue weighted by atomic mass is 32.1. The fourth-order valence-electron chi connectivity index (χ4n) is 1.69. The molecule has 2 aromatic rings. The zero-order valence-electron chi connectivity index (χ0n) is 12.6. The van der Waals surface area contributed by atoms with Crippen LogP contribution < -0.4 is 15.4 Å². The molecule has 0 radical (unpaired) electrons. The summed E-state index contributed by atoms with van der Waals surface area (Å²) in [5, 5.41) is 6.68. The molecule has 1 amide bonds. The number of rotatable bonds is 3. The molecule has 0 aliphatic carbocycles. The molecule has 1 aromatic heterocycles. The molecule has 6 heteroatoms. The standard InChI is InChI=1S/C15H19N3O2S/c1-10-6-5-7-11(8-10)17-14(19)20-12-13(21-9-16-12)18-15(2,3)4/h5-9,18H,1-4H3,(H,17,19). The van der Waals surface area contributed by atoms with E-state index in [-0.39, 0.29) is 5.54 Å². The van der Waals surface area contributed by atoms with Crippen molar-refractivity contribution < 1.29 is 9.53 Å². The Kier molecular flexibility index (Phi) is 4.47. The minimum atomic E-state index is -0.552. The average molecular weight is 305 g/mol. The first kappa shape index (κ1) is 15.3. The van der Waals surface area contributed by atoms with E-state index in [1.165, 1.54) is 11.3 Å². The van der Waals surface area contributed by atoms with Crippen LogP contribution in [0.25, 0.3) is 0 Å². The molecule has 0 aliphatic heterocycles. The van der Waals surface area contributed by atoms with Gasteiger partial charge in [-0.2, -0.15) is 0 Å². The highest BCUT2D eigenvalue weighted by Crippen LogP contribution is 2.30. The van der Waals surface area contributed by atoms with Crippen molar-refractivity contribution in [2.75, 3.05) is 10.6 Å². The topological polar surface area (TPSA) is 63.2 Å². The number of carbonyl (C=O) groups is 1. The van der Waals surface area contributed by atoms with Crippen molar-refractivity contribution in [3.8, 4) is 5.88 Å². The SMILES string of the molecule is Cc1cccc(NC(=O)Oc2ncsc2NC(C)(C)C)c1. The average Bonchev–Trinajstić information content (AvgIpc) is 2.74. The Labute approximate surface area is 128 Å². The smallest absolute Gasteiger partial charge is 0.388 e. The summed E-state index contributed by atoms with van der Waals surface area (Å²) < 4.78 is 5.26. The Hall–Kier alpha value is -2.08. The van der Waals surface area contributed by atoms with E-state index in [0.29, 0.717) is 11.6 Å². The summed E-state index contributed by atoms with van der Waals surface area (Å²) >= 11 is 1.40. The molecule has 0 aliphatic rings. The lowest BCUT2D eigenvalue weighted by atomic mass is 10.1. The second-order valence-electron chi connectivity index (χ2n) is 5.75. The lowest BCUT2D eigenvalue weighted by Crippen LogP contribution is -2.26. The molecule has 0 unspecified atom stereocenters. The molecule has 112 valence electrons. The molecule has 0 saturated heterocycles. The lowest BCUT2D eigenvalue weighted by molar-refractivity contribution is 0.214. The Bertz CT molecular complexity index is 632. The molecule has 1 aromatic carbocycles. The maximum Gasteiger partial charge on any atom is 0.418 e. The second-order valence-corrected chi connectivity index (χ2v) is 6.60. The number of thiazole rings is 1. The molecule has 0 bridgehead atoms. The third-order valence-electron chi connectivity index (χ3n) is 2.48. The summed E-state index contributed by atoms with van der Waals surface area (Å²) in [5.41, 5.74) is 3.28. The first-order valence-corrected chi connectivity index (χ1v) is 7.49. The van der Waals surface area contributed by atoms with Crippen LogP contribution in [0.4, 0.5) is 15.5 Å². The largest absolute Gasteiger partial charge is 0.418 e. The summed E-state index contributed by atoms with van der Waals surface area (Å²) in [4.78, 5) is 16.0. The highest BCUT2D eigenvalue weighted by Gasteiger charge is 2.17. The van der Waals surface area contributed by atoms with Crippen molar-refractivity contribution in [1.82, 2.24) is 4.98 Å². The van der Waals surface area contributed by atoms with Crippen molar-refractivity contribution in [1.29, 1.82) is 0 Å². The number of carbonyl (C=O) groups excluding carboxylic acids is 1. The summed E-state index contributed by atoms with van der Waals surface area (Å²) in [7, 11) is 0. The number of nitrogens with one attached hydrogen (secondary N) is 2. The first-order chi connectivity index (χ1) is 9.83. The summed E-state index contributed by atoms with van der Waals surface area (Å²) in [6.07, 6.45) is -0.552. The quantitative estimate of drug-likeness (QED) is 0.888. The van der Waals surface area contributed by atoms with Crippen molar-refractivity contribution in [2.45, 2.75) is 33.2 Å². The van der Waals surface area contributed by atoms with E-state index in [1.54, 1.807) is 5.51 Å².